The van der Waals surface area contributed by atoms with Gasteiger partial charge in [-0.1, -0.05) is 20.8 Å². The van der Waals surface area contributed by atoms with Crippen LogP contribution >= 0.6 is 0 Å². The highest BCUT2D eigenvalue weighted by Gasteiger charge is 2.53. The quantitative estimate of drug-likeness (QED) is 0.327. The fourth-order valence-corrected chi connectivity index (χ4v) is 4.40. The Balaban J connectivity index is 2.04. The van der Waals surface area contributed by atoms with Crippen molar-refractivity contribution in [2.75, 3.05) is 13.2 Å². The summed E-state index contributed by atoms with van der Waals surface area (Å²) in [5.41, 5.74) is 0. The molecule has 138 valence electrons. The molecule has 1 amide bonds. The van der Waals surface area contributed by atoms with Crippen molar-refractivity contribution in [3.63, 3.8) is 0 Å². The molecule has 7 heteroatoms. The van der Waals surface area contributed by atoms with E-state index in [1.807, 2.05) is 6.92 Å². The van der Waals surface area contributed by atoms with Crippen molar-refractivity contribution >= 4 is 20.2 Å². The van der Waals surface area contributed by atoms with Crippen LogP contribution in [0.25, 0.3) is 0 Å². The summed E-state index contributed by atoms with van der Waals surface area (Å²) in [6, 6.07) is -0.0656. The first-order chi connectivity index (χ1) is 10.9. The topological polar surface area (TPSA) is 77.2 Å². The molecule has 0 saturated carbocycles. The Bertz CT molecular complexity index is 498. The van der Waals surface area contributed by atoms with Gasteiger partial charge in [0.2, 0.25) is 5.91 Å². The number of epoxide rings is 1. The number of ether oxygens (including phenoxy) is 2. The van der Waals surface area contributed by atoms with E-state index < -0.39 is 8.32 Å². The summed E-state index contributed by atoms with van der Waals surface area (Å²) in [5.74, 6) is -0.529. The Morgan fingerprint density at radius 3 is 2.42 bits per heavy atom. The Hall–Kier alpha value is -0.923. The predicted octanol–water partition coefficient (Wildman–Crippen LogP) is 2.09. The number of β-lactam (4-membered cyclic amide) rings is 1. The molecular formula is C17H31NO5Si. The van der Waals surface area contributed by atoms with Crippen molar-refractivity contribution in [2.45, 2.75) is 71.0 Å². The zero-order valence-electron chi connectivity index (χ0n) is 15.8. The number of hydrogen-bond acceptors (Lipinski definition) is 5. The van der Waals surface area contributed by atoms with Crippen LogP contribution in [-0.2, 0) is 23.5 Å². The summed E-state index contributed by atoms with van der Waals surface area (Å²) in [6.07, 6.45) is -0.110. The van der Waals surface area contributed by atoms with Gasteiger partial charge in [-0.2, -0.15) is 0 Å². The number of carbonyl (C=O) groups is 2. The minimum absolute atomic E-state index is 0.0120. The molecule has 1 N–H and O–H groups in total. The lowest BCUT2D eigenvalue weighted by Gasteiger charge is -2.47. The molecule has 2 fully saturated rings. The second-order valence-electron chi connectivity index (χ2n) is 8.48. The van der Waals surface area contributed by atoms with Crippen molar-refractivity contribution < 1.29 is 23.5 Å². The van der Waals surface area contributed by atoms with Crippen LogP contribution in [0.4, 0.5) is 0 Å². The summed E-state index contributed by atoms with van der Waals surface area (Å²) in [6.45, 7) is 15.2. The maximum Gasteiger partial charge on any atom is 0.302 e. The first-order valence-electron chi connectivity index (χ1n) is 8.67. The normalized spacial score (nSPS) is 29.3. The smallest absolute Gasteiger partial charge is 0.302 e. The van der Waals surface area contributed by atoms with Crippen LogP contribution in [0.3, 0.4) is 0 Å². The van der Waals surface area contributed by atoms with E-state index in [0.29, 0.717) is 6.61 Å². The first-order valence-corrected chi connectivity index (χ1v) is 11.6. The van der Waals surface area contributed by atoms with Gasteiger partial charge in [0.1, 0.15) is 0 Å². The van der Waals surface area contributed by atoms with Crippen molar-refractivity contribution in [3.8, 4) is 0 Å². The van der Waals surface area contributed by atoms with E-state index in [1.54, 1.807) is 0 Å². The third-order valence-corrected chi connectivity index (χ3v) is 10.1. The van der Waals surface area contributed by atoms with Crippen LogP contribution in [0.1, 0.15) is 34.6 Å². The van der Waals surface area contributed by atoms with Gasteiger partial charge >= 0.3 is 5.97 Å². The largest absolute Gasteiger partial charge is 0.465 e. The fraction of sp³-hybridized carbons (Fsp3) is 0.882. The van der Waals surface area contributed by atoms with E-state index in [1.165, 1.54) is 6.92 Å². The van der Waals surface area contributed by atoms with E-state index in [2.05, 4.69) is 39.2 Å². The lowest BCUT2D eigenvalue weighted by atomic mass is 9.77. The van der Waals surface area contributed by atoms with E-state index >= 15 is 0 Å². The molecule has 2 rings (SSSR count). The van der Waals surface area contributed by atoms with Gasteiger partial charge in [0.15, 0.2) is 8.32 Å². The van der Waals surface area contributed by atoms with Crippen LogP contribution in [-0.4, -0.2) is 51.7 Å². The molecule has 0 aromatic rings. The Morgan fingerprint density at radius 2 is 2.00 bits per heavy atom. The summed E-state index contributed by atoms with van der Waals surface area (Å²) in [4.78, 5) is 23.3. The standard InChI is InChI=1S/C17H31NO5Si/c1-10(23-24(6,7)17(3,4)5)14-15(18-16(14)20)12(13-9-22-13)8-21-11(2)19/h10,12-15H,8-9H2,1-7H3,(H,18,20)/t10-,12-,13-,14-,15-/m1/s1. The van der Waals surface area contributed by atoms with E-state index in [0.717, 1.165) is 0 Å². The third-order valence-electron chi connectivity index (χ3n) is 5.57. The Morgan fingerprint density at radius 1 is 1.42 bits per heavy atom. The molecule has 2 saturated heterocycles. The summed E-state index contributed by atoms with van der Waals surface area (Å²) >= 11 is 0. The van der Waals surface area contributed by atoms with Crippen LogP contribution in [0, 0.1) is 11.8 Å². The molecule has 5 atom stereocenters. The van der Waals surface area contributed by atoms with Gasteiger partial charge < -0.3 is 19.2 Å². The van der Waals surface area contributed by atoms with Crippen LogP contribution < -0.4 is 5.32 Å². The average molecular weight is 358 g/mol. The Kier molecular flexibility index (Phi) is 5.47. The number of rotatable bonds is 7. The molecule has 0 bridgehead atoms. The lowest BCUT2D eigenvalue weighted by molar-refractivity contribution is -0.148. The van der Waals surface area contributed by atoms with Crippen molar-refractivity contribution in [3.05, 3.63) is 0 Å². The molecule has 2 heterocycles. The molecule has 24 heavy (non-hydrogen) atoms. The lowest BCUT2D eigenvalue weighted by Crippen LogP contribution is -2.67. The zero-order valence-corrected chi connectivity index (χ0v) is 16.8. The highest BCUT2D eigenvalue weighted by Crippen LogP contribution is 2.40. The van der Waals surface area contributed by atoms with Crippen molar-refractivity contribution in [2.24, 2.45) is 11.8 Å². The van der Waals surface area contributed by atoms with Crippen LogP contribution in [0.15, 0.2) is 0 Å². The van der Waals surface area contributed by atoms with Gasteiger partial charge in [-0.3, -0.25) is 9.59 Å². The molecule has 0 aliphatic carbocycles. The highest BCUT2D eigenvalue weighted by atomic mass is 28.4. The molecule has 0 aromatic heterocycles. The van der Waals surface area contributed by atoms with Gasteiger partial charge in [-0.15, -0.1) is 0 Å². The van der Waals surface area contributed by atoms with Gasteiger partial charge in [-0.05, 0) is 25.1 Å². The summed E-state index contributed by atoms with van der Waals surface area (Å²) in [5, 5.41) is 3.06. The van der Waals surface area contributed by atoms with E-state index in [-0.39, 0.29) is 53.6 Å². The molecular weight excluding hydrogens is 326 g/mol. The molecule has 0 aromatic carbocycles. The molecule has 2 aliphatic heterocycles. The van der Waals surface area contributed by atoms with Gasteiger partial charge in [-0.25, -0.2) is 0 Å². The second kappa shape index (κ2) is 6.76. The van der Waals surface area contributed by atoms with E-state index in [4.69, 9.17) is 13.9 Å². The fourth-order valence-electron chi connectivity index (χ4n) is 2.97. The monoisotopic (exact) mass is 357 g/mol. The van der Waals surface area contributed by atoms with Crippen molar-refractivity contribution in [1.29, 1.82) is 0 Å². The minimum atomic E-state index is -1.95. The molecule has 0 radical (unpaired) electrons. The third kappa shape index (κ3) is 4.18. The average Bonchev–Trinajstić information content (AvgIpc) is 3.19. The number of amides is 1. The number of nitrogens with one attached hydrogen (secondary N) is 1. The number of carbonyl (C=O) groups excluding carboxylic acids is 2. The molecule has 0 unspecified atom stereocenters. The van der Waals surface area contributed by atoms with Gasteiger partial charge in [0, 0.05) is 12.8 Å². The molecule has 2 aliphatic rings. The molecule has 0 spiro atoms. The first kappa shape index (κ1) is 19.4. The zero-order chi connectivity index (χ0) is 18.3. The van der Waals surface area contributed by atoms with Crippen LogP contribution in [0.2, 0.25) is 18.1 Å². The SMILES string of the molecule is CC(=O)OC[C@@H]([C@H]1NC(=O)[C@@H]1[C@@H](C)O[Si](C)(C)C(C)(C)C)[C@H]1CO1. The number of esters is 1. The van der Waals surface area contributed by atoms with Gasteiger partial charge in [0.05, 0.1) is 37.4 Å². The minimum Gasteiger partial charge on any atom is -0.465 e. The van der Waals surface area contributed by atoms with Gasteiger partial charge in [0.25, 0.3) is 0 Å². The van der Waals surface area contributed by atoms with Crippen LogP contribution in [0.5, 0.6) is 0 Å². The highest BCUT2D eigenvalue weighted by molar-refractivity contribution is 6.74. The molecule has 6 nitrogen and oxygen atoms in total. The number of hydrogen-bond donors (Lipinski definition) is 1. The maximum absolute atomic E-state index is 12.2. The predicted molar refractivity (Wildman–Crippen MR) is 93.0 cm³/mol. The second-order valence-corrected chi connectivity index (χ2v) is 13.2. The van der Waals surface area contributed by atoms with E-state index in [9.17, 15) is 9.59 Å². The maximum atomic E-state index is 12.2. The summed E-state index contributed by atoms with van der Waals surface area (Å²) in [7, 11) is -1.95. The van der Waals surface area contributed by atoms with Crippen molar-refractivity contribution in [1.82, 2.24) is 5.32 Å². The Labute approximate surface area is 145 Å². The summed E-state index contributed by atoms with van der Waals surface area (Å²) < 4.78 is 17.0.